The smallest absolute Gasteiger partial charge is 0.332 e. The van der Waals surface area contributed by atoms with Gasteiger partial charge in [0.05, 0.1) is 26.5 Å². The summed E-state index contributed by atoms with van der Waals surface area (Å²) < 4.78 is 17.0. The van der Waals surface area contributed by atoms with Crippen molar-refractivity contribution in [3.63, 3.8) is 0 Å². The molecular weight excluding hydrogens is 346 g/mol. The van der Waals surface area contributed by atoms with Crippen LogP contribution in [0.15, 0.2) is 41.5 Å². The zero-order valence-electron chi connectivity index (χ0n) is 15.8. The summed E-state index contributed by atoms with van der Waals surface area (Å²) in [5, 5.41) is 3.77. The number of carbonyl (C=O) groups is 1. The van der Waals surface area contributed by atoms with Crippen molar-refractivity contribution in [3.8, 4) is 17.2 Å². The molecule has 144 valence electrons. The van der Waals surface area contributed by atoms with Crippen LogP contribution < -0.4 is 25.4 Å². The Morgan fingerprint density at radius 2 is 1.85 bits per heavy atom. The van der Waals surface area contributed by atoms with Crippen molar-refractivity contribution in [3.05, 3.63) is 53.1 Å². The van der Waals surface area contributed by atoms with Gasteiger partial charge in [0.1, 0.15) is 5.75 Å². The number of methoxy groups -OCH3 is 1. The van der Waals surface area contributed by atoms with Crippen LogP contribution in [-0.2, 0) is 0 Å². The van der Waals surface area contributed by atoms with E-state index in [1.54, 1.807) is 25.3 Å². The van der Waals surface area contributed by atoms with E-state index in [1.807, 2.05) is 26.0 Å². The zero-order valence-corrected chi connectivity index (χ0v) is 15.8. The minimum Gasteiger partial charge on any atom is -0.493 e. The van der Waals surface area contributed by atoms with Gasteiger partial charge in [-0.05, 0) is 49.2 Å². The van der Waals surface area contributed by atoms with Crippen molar-refractivity contribution in [2.45, 2.75) is 20.3 Å². The fraction of sp³-hybridized carbons (Fsp3) is 0.300. The molecule has 2 aromatic rings. The third-order valence-corrected chi connectivity index (χ3v) is 3.61. The quantitative estimate of drug-likeness (QED) is 0.402. The summed E-state index contributed by atoms with van der Waals surface area (Å²) in [6.45, 7) is 5.06. The van der Waals surface area contributed by atoms with E-state index < -0.39 is 6.03 Å². The molecule has 2 rings (SSSR count). The lowest BCUT2D eigenvalue weighted by Gasteiger charge is -2.13. The summed E-state index contributed by atoms with van der Waals surface area (Å²) in [7, 11) is 1.56. The number of hydrogen-bond acceptors (Lipinski definition) is 5. The standard InChI is InChI=1S/C20H25N3O4/c1-14-10-15(2)12-17(11-14)26-8-5-9-27-19-16(13-22-23-20(21)24)6-4-7-18(19)25-3/h4,6-7,10-13H,5,8-9H2,1-3H3,(H3,21,23,24)/b22-13+. The number of amides is 2. The number of urea groups is 1. The van der Waals surface area contributed by atoms with Crippen molar-refractivity contribution in [1.82, 2.24) is 5.43 Å². The first-order valence-electron chi connectivity index (χ1n) is 8.59. The van der Waals surface area contributed by atoms with Crippen LogP contribution >= 0.6 is 0 Å². The maximum absolute atomic E-state index is 10.7. The Kier molecular flexibility index (Phi) is 7.49. The molecular formula is C20H25N3O4. The Hall–Kier alpha value is -3.22. The first-order chi connectivity index (χ1) is 13.0. The number of ether oxygens (including phenoxy) is 3. The van der Waals surface area contributed by atoms with Gasteiger partial charge < -0.3 is 19.9 Å². The Morgan fingerprint density at radius 1 is 1.15 bits per heavy atom. The molecule has 0 heterocycles. The maximum Gasteiger partial charge on any atom is 0.332 e. The van der Waals surface area contributed by atoms with E-state index in [4.69, 9.17) is 19.9 Å². The summed E-state index contributed by atoms with van der Waals surface area (Å²) in [5.41, 5.74) is 10.2. The molecule has 0 spiro atoms. The molecule has 7 nitrogen and oxygen atoms in total. The molecule has 7 heteroatoms. The number of hydrazone groups is 1. The van der Waals surface area contributed by atoms with Gasteiger partial charge in [-0.2, -0.15) is 5.10 Å². The van der Waals surface area contributed by atoms with Gasteiger partial charge in [-0.25, -0.2) is 10.2 Å². The van der Waals surface area contributed by atoms with E-state index in [0.717, 1.165) is 5.75 Å². The number of rotatable bonds is 9. The summed E-state index contributed by atoms with van der Waals surface area (Å²) in [6, 6.07) is 10.8. The van der Waals surface area contributed by atoms with E-state index in [2.05, 4.69) is 16.6 Å². The molecule has 2 aromatic carbocycles. The Balaban J connectivity index is 1.92. The predicted molar refractivity (Wildman–Crippen MR) is 105 cm³/mol. The predicted octanol–water partition coefficient (Wildman–Crippen LogP) is 3.16. The summed E-state index contributed by atoms with van der Waals surface area (Å²) in [5.74, 6) is 1.98. The minimum atomic E-state index is -0.736. The topological polar surface area (TPSA) is 95.2 Å². The van der Waals surface area contributed by atoms with Crippen LogP contribution in [-0.4, -0.2) is 32.6 Å². The van der Waals surface area contributed by atoms with Gasteiger partial charge in [0.2, 0.25) is 0 Å². The Labute approximate surface area is 159 Å². The summed E-state index contributed by atoms with van der Waals surface area (Å²) in [6.07, 6.45) is 2.15. The summed E-state index contributed by atoms with van der Waals surface area (Å²) in [4.78, 5) is 10.7. The molecule has 0 unspecified atom stereocenters. The van der Waals surface area contributed by atoms with Gasteiger partial charge in [0, 0.05) is 12.0 Å². The van der Waals surface area contributed by atoms with Crippen LogP contribution in [0, 0.1) is 13.8 Å². The molecule has 0 aliphatic rings. The highest BCUT2D eigenvalue weighted by molar-refractivity contribution is 5.86. The van der Waals surface area contributed by atoms with Gasteiger partial charge in [-0.1, -0.05) is 12.1 Å². The Morgan fingerprint density at radius 3 is 2.52 bits per heavy atom. The second-order valence-corrected chi connectivity index (χ2v) is 5.99. The third kappa shape index (κ3) is 6.54. The third-order valence-electron chi connectivity index (χ3n) is 3.61. The van der Waals surface area contributed by atoms with E-state index in [0.29, 0.717) is 36.7 Å². The van der Waals surface area contributed by atoms with Crippen molar-refractivity contribution in [2.75, 3.05) is 20.3 Å². The first kappa shape index (κ1) is 20.1. The number of hydrogen-bond donors (Lipinski definition) is 2. The molecule has 3 N–H and O–H groups in total. The van der Waals surface area contributed by atoms with Crippen LogP contribution in [0.3, 0.4) is 0 Å². The number of nitrogens with one attached hydrogen (secondary N) is 1. The second-order valence-electron chi connectivity index (χ2n) is 5.99. The van der Waals surface area contributed by atoms with Gasteiger partial charge in [-0.15, -0.1) is 0 Å². The monoisotopic (exact) mass is 371 g/mol. The Bertz CT molecular complexity index is 786. The van der Waals surface area contributed by atoms with Crippen molar-refractivity contribution < 1.29 is 19.0 Å². The average molecular weight is 371 g/mol. The highest BCUT2D eigenvalue weighted by Crippen LogP contribution is 2.30. The van der Waals surface area contributed by atoms with E-state index in [9.17, 15) is 4.79 Å². The molecule has 0 aliphatic carbocycles. The maximum atomic E-state index is 10.7. The van der Waals surface area contributed by atoms with E-state index in [1.165, 1.54) is 17.3 Å². The number of para-hydroxylation sites is 1. The minimum absolute atomic E-state index is 0.440. The first-order valence-corrected chi connectivity index (χ1v) is 8.59. The number of aryl methyl sites for hydroxylation is 2. The van der Waals surface area contributed by atoms with Gasteiger partial charge in [-0.3, -0.25) is 0 Å². The van der Waals surface area contributed by atoms with E-state index >= 15 is 0 Å². The number of primary amides is 1. The zero-order chi connectivity index (χ0) is 19.6. The van der Waals surface area contributed by atoms with Gasteiger partial charge in [0.15, 0.2) is 11.5 Å². The molecule has 0 aliphatic heterocycles. The molecule has 0 radical (unpaired) electrons. The highest BCUT2D eigenvalue weighted by Gasteiger charge is 2.09. The normalized spacial score (nSPS) is 10.6. The number of benzene rings is 2. The van der Waals surface area contributed by atoms with Crippen LogP contribution in [0.4, 0.5) is 4.79 Å². The molecule has 0 saturated heterocycles. The molecule has 0 atom stereocenters. The molecule has 0 saturated carbocycles. The van der Waals surface area contributed by atoms with Gasteiger partial charge in [0.25, 0.3) is 0 Å². The average Bonchev–Trinajstić information content (AvgIpc) is 2.61. The van der Waals surface area contributed by atoms with Crippen molar-refractivity contribution >= 4 is 12.2 Å². The molecule has 27 heavy (non-hydrogen) atoms. The lowest BCUT2D eigenvalue weighted by Crippen LogP contribution is -2.24. The SMILES string of the molecule is COc1cccc(/C=N/NC(N)=O)c1OCCCOc1cc(C)cc(C)c1. The lowest BCUT2D eigenvalue weighted by molar-refractivity contribution is 0.240. The van der Waals surface area contributed by atoms with Gasteiger partial charge >= 0.3 is 6.03 Å². The van der Waals surface area contributed by atoms with Crippen molar-refractivity contribution in [1.29, 1.82) is 0 Å². The molecule has 0 aromatic heterocycles. The second kappa shape index (κ2) is 10.1. The number of carbonyl (C=O) groups excluding carboxylic acids is 1. The highest BCUT2D eigenvalue weighted by atomic mass is 16.5. The number of nitrogens with two attached hydrogens (primary N) is 1. The van der Waals surface area contributed by atoms with Crippen LogP contribution in [0.5, 0.6) is 17.2 Å². The molecule has 0 bridgehead atoms. The van der Waals surface area contributed by atoms with E-state index in [-0.39, 0.29) is 0 Å². The molecule has 0 fully saturated rings. The van der Waals surface area contributed by atoms with Crippen molar-refractivity contribution in [2.24, 2.45) is 10.8 Å². The fourth-order valence-corrected chi connectivity index (χ4v) is 2.55. The largest absolute Gasteiger partial charge is 0.493 e. The fourth-order valence-electron chi connectivity index (χ4n) is 2.55. The van der Waals surface area contributed by atoms with Crippen LogP contribution in [0.2, 0.25) is 0 Å². The summed E-state index contributed by atoms with van der Waals surface area (Å²) >= 11 is 0. The molecule has 2 amide bonds. The lowest BCUT2D eigenvalue weighted by atomic mass is 10.1. The number of nitrogens with zero attached hydrogens (tertiary/aromatic N) is 1. The van der Waals surface area contributed by atoms with Crippen LogP contribution in [0.1, 0.15) is 23.1 Å². The van der Waals surface area contributed by atoms with Crippen LogP contribution in [0.25, 0.3) is 0 Å².